The van der Waals surface area contributed by atoms with Gasteiger partial charge in [0.25, 0.3) is 5.56 Å². The number of aliphatic imine (C=N–C) groups is 1. The first kappa shape index (κ1) is 19.7. The summed E-state index contributed by atoms with van der Waals surface area (Å²) in [5, 5.41) is 20.0. The predicted molar refractivity (Wildman–Crippen MR) is 98.0 cm³/mol. The van der Waals surface area contributed by atoms with Crippen LogP contribution in [0.15, 0.2) is 39.5 Å². The fourth-order valence-corrected chi connectivity index (χ4v) is 2.91. The maximum absolute atomic E-state index is 12.7. The number of rotatable bonds is 4. The van der Waals surface area contributed by atoms with Gasteiger partial charge < -0.3 is 19.5 Å². The third-order valence-corrected chi connectivity index (χ3v) is 4.45. The molecule has 0 bridgehead atoms. The van der Waals surface area contributed by atoms with Gasteiger partial charge in [-0.2, -0.15) is 0 Å². The molecular formula is C19H24N2O5. The summed E-state index contributed by atoms with van der Waals surface area (Å²) >= 11 is 0. The van der Waals surface area contributed by atoms with Gasteiger partial charge in [-0.25, -0.2) is 4.79 Å². The molecule has 0 saturated carbocycles. The number of allylic oxidation sites excluding steroid dienone is 4. The minimum atomic E-state index is -1.84. The molecule has 1 aliphatic heterocycles. The Labute approximate surface area is 152 Å². The van der Waals surface area contributed by atoms with Gasteiger partial charge in [-0.1, -0.05) is 6.92 Å². The quantitative estimate of drug-likeness (QED) is 0.371. The van der Waals surface area contributed by atoms with E-state index in [2.05, 4.69) is 4.99 Å². The second-order valence-electron chi connectivity index (χ2n) is 6.39. The number of hydrogen-bond acceptors (Lipinski definition) is 6. The Morgan fingerprint density at radius 2 is 2.00 bits per heavy atom. The number of ether oxygens (including phenoxy) is 1. The molecule has 0 aliphatic carbocycles. The lowest BCUT2D eigenvalue weighted by atomic mass is 9.86. The van der Waals surface area contributed by atoms with Gasteiger partial charge >= 0.3 is 5.97 Å². The first-order valence-corrected chi connectivity index (χ1v) is 8.34. The fraction of sp³-hybridized carbons (Fsp3) is 0.421. The van der Waals surface area contributed by atoms with Crippen molar-refractivity contribution < 1.29 is 19.7 Å². The van der Waals surface area contributed by atoms with Crippen LogP contribution in [-0.4, -0.2) is 26.5 Å². The molecule has 7 nitrogen and oxygen atoms in total. The largest absolute Gasteiger partial charge is 0.513 e. The highest BCUT2D eigenvalue weighted by molar-refractivity contribution is 5.98. The monoisotopic (exact) mass is 360 g/mol. The zero-order valence-corrected chi connectivity index (χ0v) is 15.7. The van der Waals surface area contributed by atoms with Crippen LogP contribution in [-0.2, 0) is 28.8 Å². The number of cyclic esters (lactones) is 1. The molecule has 0 radical (unpaired) electrons. The minimum absolute atomic E-state index is 0.0983. The molecule has 1 atom stereocenters. The van der Waals surface area contributed by atoms with E-state index in [4.69, 9.17) is 4.74 Å². The summed E-state index contributed by atoms with van der Waals surface area (Å²) in [6.45, 7) is 6.56. The maximum atomic E-state index is 12.7. The summed E-state index contributed by atoms with van der Waals surface area (Å²) in [6, 6.07) is 1.62. The molecule has 0 fully saturated rings. The summed E-state index contributed by atoms with van der Waals surface area (Å²) in [5.74, 6) is -0.592. The first-order chi connectivity index (χ1) is 12.1. The van der Waals surface area contributed by atoms with Gasteiger partial charge in [0, 0.05) is 18.3 Å². The first-order valence-electron chi connectivity index (χ1n) is 8.34. The van der Waals surface area contributed by atoms with E-state index < -0.39 is 11.6 Å². The lowest BCUT2D eigenvalue weighted by Gasteiger charge is -2.32. The molecule has 0 aromatic carbocycles. The number of nitrogens with zero attached hydrogens (tertiary/aromatic N) is 2. The number of hydrogen-bond donors (Lipinski definition) is 2. The molecule has 0 unspecified atom stereocenters. The molecule has 0 saturated heterocycles. The number of aliphatic hydroxyl groups is 2. The van der Waals surface area contributed by atoms with Crippen molar-refractivity contribution in [3.05, 3.63) is 56.8 Å². The molecule has 140 valence electrons. The predicted octanol–water partition coefficient (Wildman–Crippen LogP) is 2.21. The third-order valence-electron chi connectivity index (χ3n) is 4.45. The lowest BCUT2D eigenvalue weighted by molar-refractivity contribution is -0.172. The van der Waals surface area contributed by atoms with Gasteiger partial charge in [0.05, 0.1) is 22.7 Å². The van der Waals surface area contributed by atoms with Crippen molar-refractivity contribution in [3.8, 4) is 0 Å². The molecular weight excluding hydrogens is 336 g/mol. The van der Waals surface area contributed by atoms with Crippen molar-refractivity contribution in [1.82, 2.24) is 4.57 Å². The maximum Gasteiger partial charge on any atom is 0.343 e. The van der Waals surface area contributed by atoms with Crippen LogP contribution in [0.1, 0.15) is 50.9 Å². The molecule has 7 heteroatoms. The Morgan fingerprint density at radius 3 is 2.58 bits per heavy atom. The van der Waals surface area contributed by atoms with Crippen molar-refractivity contribution in [2.45, 2.75) is 46.3 Å². The lowest BCUT2D eigenvalue weighted by Crippen LogP contribution is -2.44. The molecule has 26 heavy (non-hydrogen) atoms. The molecule has 0 amide bonds. The van der Waals surface area contributed by atoms with Crippen LogP contribution in [0.4, 0.5) is 0 Å². The minimum Gasteiger partial charge on any atom is -0.513 e. The number of aliphatic hydroxyl groups excluding tert-OH is 1. The topological polar surface area (TPSA) is 101 Å². The van der Waals surface area contributed by atoms with Crippen LogP contribution >= 0.6 is 0 Å². The highest BCUT2D eigenvalue weighted by atomic mass is 16.6. The van der Waals surface area contributed by atoms with Crippen LogP contribution in [0, 0.1) is 0 Å². The van der Waals surface area contributed by atoms with Crippen molar-refractivity contribution in [3.63, 3.8) is 0 Å². The van der Waals surface area contributed by atoms with E-state index in [1.165, 1.54) is 10.6 Å². The zero-order valence-electron chi connectivity index (χ0n) is 15.7. The van der Waals surface area contributed by atoms with Gasteiger partial charge in [0.1, 0.15) is 6.61 Å². The van der Waals surface area contributed by atoms with Gasteiger partial charge in [-0.15, -0.1) is 0 Å². The van der Waals surface area contributed by atoms with Gasteiger partial charge in [0.15, 0.2) is 5.60 Å². The van der Waals surface area contributed by atoms with Crippen molar-refractivity contribution in [1.29, 1.82) is 0 Å². The second kappa shape index (κ2) is 7.29. The highest BCUT2D eigenvalue weighted by Crippen LogP contribution is 2.33. The van der Waals surface area contributed by atoms with E-state index >= 15 is 0 Å². The number of fused-ring (bicyclic) bond motifs is 1. The van der Waals surface area contributed by atoms with E-state index in [-0.39, 0.29) is 35.5 Å². The Kier molecular flexibility index (Phi) is 5.51. The number of pyridine rings is 1. The third kappa shape index (κ3) is 3.48. The molecule has 2 rings (SSSR count). The zero-order chi connectivity index (χ0) is 19.6. The Hall–Kier alpha value is -2.67. The van der Waals surface area contributed by atoms with E-state index in [1.807, 2.05) is 0 Å². The van der Waals surface area contributed by atoms with Gasteiger partial charge in [0.2, 0.25) is 0 Å². The Bertz CT molecular complexity index is 888. The van der Waals surface area contributed by atoms with E-state index in [9.17, 15) is 19.8 Å². The van der Waals surface area contributed by atoms with Crippen LogP contribution in [0.3, 0.4) is 0 Å². The number of esters is 1. The number of aromatic nitrogens is 1. The SMILES string of the molecule is CC[C@@]1(O)C(=O)OCc2c1cc(/C(C)=N/C(C)=C/C=C(\C)O)n(C)c2=O. The normalized spacial score (nSPS) is 21.5. The average Bonchev–Trinajstić information content (AvgIpc) is 2.59. The summed E-state index contributed by atoms with van der Waals surface area (Å²) < 4.78 is 6.42. The smallest absolute Gasteiger partial charge is 0.343 e. The second-order valence-corrected chi connectivity index (χ2v) is 6.39. The fourth-order valence-electron chi connectivity index (χ4n) is 2.91. The van der Waals surface area contributed by atoms with Crippen molar-refractivity contribution >= 4 is 11.7 Å². The highest BCUT2D eigenvalue weighted by Gasteiger charge is 2.44. The summed E-state index contributed by atoms with van der Waals surface area (Å²) in [7, 11) is 1.61. The summed E-state index contributed by atoms with van der Waals surface area (Å²) in [5.41, 5.74) is 0.0499. The molecule has 1 aromatic rings. The van der Waals surface area contributed by atoms with Crippen molar-refractivity contribution in [2.24, 2.45) is 12.0 Å². The molecule has 1 aromatic heterocycles. The summed E-state index contributed by atoms with van der Waals surface area (Å²) in [6.07, 6.45) is 3.26. The van der Waals surface area contributed by atoms with Crippen LogP contribution in [0.25, 0.3) is 0 Å². The van der Waals surface area contributed by atoms with Crippen LogP contribution < -0.4 is 5.56 Å². The molecule has 0 spiro atoms. The molecule has 2 N–H and O–H groups in total. The van der Waals surface area contributed by atoms with Gasteiger partial charge in [-0.3, -0.25) is 9.79 Å². The average molecular weight is 360 g/mol. The van der Waals surface area contributed by atoms with Crippen LogP contribution in [0.5, 0.6) is 0 Å². The summed E-state index contributed by atoms with van der Waals surface area (Å²) in [4.78, 5) is 29.2. The number of carbonyl (C=O) groups is 1. The molecule has 2 heterocycles. The Morgan fingerprint density at radius 1 is 1.35 bits per heavy atom. The van der Waals surface area contributed by atoms with E-state index in [0.29, 0.717) is 17.1 Å². The van der Waals surface area contributed by atoms with Crippen LogP contribution in [0.2, 0.25) is 0 Å². The van der Waals surface area contributed by atoms with E-state index in [0.717, 1.165) is 0 Å². The Balaban J connectivity index is 2.64. The van der Waals surface area contributed by atoms with E-state index in [1.54, 1.807) is 46.9 Å². The van der Waals surface area contributed by atoms with Crippen molar-refractivity contribution in [2.75, 3.05) is 0 Å². The van der Waals surface area contributed by atoms with Gasteiger partial charge in [-0.05, 0) is 45.4 Å². The molecule has 1 aliphatic rings. The number of carbonyl (C=O) groups excluding carboxylic acids is 1. The standard InChI is InChI=1S/C19H24N2O5/c1-6-19(25)15-9-16(13(4)20-11(2)7-8-12(3)22)21(5)17(23)14(15)10-26-18(19)24/h7-9,22,25H,6,10H2,1-5H3/b11-7+,12-8+,20-13+/t19-/m0/s1.